The molecule has 0 saturated carbocycles. The van der Waals surface area contributed by atoms with Crippen molar-refractivity contribution in [2.45, 2.75) is 0 Å². The third kappa shape index (κ3) is 1.71. The maximum atomic E-state index is 10.7. The minimum Gasteiger partial charge on any atom is -0.377 e. The molecule has 0 amide bonds. The summed E-state index contributed by atoms with van der Waals surface area (Å²) in [6.45, 7) is 0. The molecule has 2 aromatic rings. The number of anilines is 1. The molecule has 2 rings (SSSR count). The summed E-state index contributed by atoms with van der Waals surface area (Å²) in [5.41, 5.74) is 1.89. The molecule has 0 heterocycles. The van der Waals surface area contributed by atoms with E-state index in [0.717, 1.165) is 17.2 Å². The predicted octanol–water partition coefficient (Wildman–Crippen LogP) is 2.72. The molecule has 0 spiro atoms. The van der Waals surface area contributed by atoms with Crippen molar-refractivity contribution in [2.24, 2.45) is 0 Å². The molecular weight excluding hydrogens is 186 g/mol. The van der Waals surface area contributed by atoms with Crippen LogP contribution >= 0.6 is 0 Å². The van der Waals surface area contributed by atoms with Gasteiger partial charge in [-0.05, 0) is 17.5 Å². The average Bonchev–Trinajstić information content (AvgIpc) is 2.27. The summed E-state index contributed by atoms with van der Waals surface area (Å²) in [6.07, 6.45) is 0.877. The van der Waals surface area contributed by atoms with Gasteiger partial charge in [-0.1, -0.05) is 24.3 Å². The van der Waals surface area contributed by atoms with E-state index in [0.29, 0.717) is 0 Å². The molecule has 0 radical (unpaired) electrons. The van der Waals surface area contributed by atoms with Gasteiger partial charge in [-0.2, -0.15) is 0 Å². The largest absolute Gasteiger partial charge is 0.377 e. The van der Waals surface area contributed by atoms with Crippen LogP contribution in [-0.4, -0.2) is 20.4 Å². The van der Waals surface area contributed by atoms with Crippen LogP contribution < -0.4 is 4.90 Å². The quantitative estimate of drug-likeness (QED) is 0.693. The molecule has 0 N–H and O–H groups in total. The van der Waals surface area contributed by atoms with Crippen LogP contribution in [0.1, 0.15) is 10.4 Å². The van der Waals surface area contributed by atoms with E-state index in [1.807, 2.05) is 44.4 Å². The molecule has 0 fully saturated rings. The molecule has 0 bridgehead atoms. The minimum absolute atomic E-state index is 0.721. The Hall–Kier alpha value is -1.83. The average molecular weight is 199 g/mol. The van der Waals surface area contributed by atoms with Crippen LogP contribution in [0.5, 0.6) is 0 Å². The van der Waals surface area contributed by atoms with Gasteiger partial charge in [0.2, 0.25) is 0 Å². The van der Waals surface area contributed by atoms with E-state index in [1.54, 1.807) is 0 Å². The number of carbonyl (C=O) groups is 1. The standard InChI is InChI=1S/C13H13NO/c1-14(2)13-5-3-4-11-8-10(9-15)6-7-12(11)13/h3-9H,1-2H3. The summed E-state index contributed by atoms with van der Waals surface area (Å²) < 4.78 is 0. The molecule has 2 nitrogen and oxygen atoms in total. The first-order valence-electron chi connectivity index (χ1n) is 4.87. The van der Waals surface area contributed by atoms with Gasteiger partial charge in [0.1, 0.15) is 6.29 Å². The molecule has 0 aromatic heterocycles. The van der Waals surface area contributed by atoms with Crippen molar-refractivity contribution in [3.63, 3.8) is 0 Å². The molecule has 15 heavy (non-hydrogen) atoms. The Labute approximate surface area is 89.1 Å². The number of hydrogen-bond donors (Lipinski definition) is 0. The molecule has 0 aliphatic heterocycles. The number of benzene rings is 2. The zero-order valence-electron chi connectivity index (χ0n) is 8.90. The second-order valence-electron chi connectivity index (χ2n) is 3.77. The van der Waals surface area contributed by atoms with E-state index >= 15 is 0 Å². The second kappa shape index (κ2) is 3.73. The zero-order chi connectivity index (χ0) is 10.8. The monoisotopic (exact) mass is 199 g/mol. The molecule has 0 saturated heterocycles. The summed E-state index contributed by atoms with van der Waals surface area (Å²) in [5, 5.41) is 2.28. The van der Waals surface area contributed by atoms with Gasteiger partial charge in [0.05, 0.1) is 0 Å². The van der Waals surface area contributed by atoms with Crippen LogP contribution in [-0.2, 0) is 0 Å². The van der Waals surface area contributed by atoms with E-state index < -0.39 is 0 Å². The lowest BCUT2D eigenvalue weighted by molar-refractivity contribution is 0.112. The second-order valence-corrected chi connectivity index (χ2v) is 3.77. The van der Waals surface area contributed by atoms with Gasteiger partial charge in [-0.15, -0.1) is 0 Å². The first kappa shape index (κ1) is 9.71. The molecule has 2 heteroatoms. The number of nitrogens with zero attached hydrogens (tertiary/aromatic N) is 1. The van der Waals surface area contributed by atoms with Crippen molar-refractivity contribution in [1.29, 1.82) is 0 Å². The Morgan fingerprint density at radius 3 is 2.60 bits per heavy atom. The van der Waals surface area contributed by atoms with Crippen molar-refractivity contribution in [3.8, 4) is 0 Å². The highest BCUT2D eigenvalue weighted by Gasteiger charge is 2.02. The molecule has 0 aliphatic rings. The molecule has 0 aliphatic carbocycles. The highest BCUT2D eigenvalue weighted by atomic mass is 16.1. The Bertz CT molecular complexity index is 503. The first-order chi connectivity index (χ1) is 7.22. The molecular formula is C13H13NO. The van der Waals surface area contributed by atoms with Gasteiger partial charge in [-0.3, -0.25) is 4.79 Å². The minimum atomic E-state index is 0.721. The summed E-state index contributed by atoms with van der Waals surface area (Å²) in [6, 6.07) is 11.9. The highest BCUT2D eigenvalue weighted by Crippen LogP contribution is 2.25. The van der Waals surface area contributed by atoms with Crippen LogP contribution in [0.25, 0.3) is 10.8 Å². The first-order valence-corrected chi connectivity index (χ1v) is 4.87. The van der Waals surface area contributed by atoms with E-state index in [1.165, 1.54) is 11.1 Å². The van der Waals surface area contributed by atoms with E-state index in [-0.39, 0.29) is 0 Å². The van der Waals surface area contributed by atoms with Crippen LogP contribution in [0.2, 0.25) is 0 Å². The third-order valence-corrected chi connectivity index (χ3v) is 2.50. The lowest BCUT2D eigenvalue weighted by atomic mass is 10.1. The fourth-order valence-electron chi connectivity index (χ4n) is 1.75. The summed E-state index contributed by atoms with van der Waals surface area (Å²) >= 11 is 0. The topological polar surface area (TPSA) is 20.3 Å². The van der Waals surface area contributed by atoms with Crippen molar-refractivity contribution >= 4 is 22.7 Å². The molecule has 76 valence electrons. The van der Waals surface area contributed by atoms with Crippen molar-refractivity contribution < 1.29 is 4.79 Å². The van der Waals surface area contributed by atoms with E-state index in [4.69, 9.17) is 0 Å². The highest BCUT2D eigenvalue weighted by molar-refractivity contribution is 5.97. The Balaban J connectivity index is 2.72. The van der Waals surface area contributed by atoms with Gasteiger partial charge in [-0.25, -0.2) is 0 Å². The normalized spacial score (nSPS) is 10.3. The van der Waals surface area contributed by atoms with Crippen molar-refractivity contribution in [2.75, 3.05) is 19.0 Å². The summed E-state index contributed by atoms with van der Waals surface area (Å²) in [4.78, 5) is 12.7. The fraction of sp³-hybridized carbons (Fsp3) is 0.154. The van der Waals surface area contributed by atoms with Gasteiger partial charge < -0.3 is 4.90 Å². The number of rotatable bonds is 2. The van der Waals surface area contributed by atoms with E-state index in [2.05, 4.69) is 11.0 Å². The smallest absolute Gasteiger partial charge is 0.150 e. The van der Waals surface area contributed by atoms with Gasteiger partial charge in [0.25, 0.3) is 0 Å². The number of fused-ring (bicyclic) bond motifs is 1. The molecule has 2 aromatic carbocycles. The van der Waals surface area contributed by atoms with Crippen LogP contribution in [0.4, 0.5) is 5.69 Å². The third-order valence-electron chi connectivity index (χ3n) is 2.50. The van der Waals surface area contributed by atoms with Crippen LogP contribution in [0.3, 0.4) is 0 Å². The number of aldehydes is 1. The fourth-order valence-corrected chi connectivity index (χ4v) is 1.75. The lowest BCUT2D eigenvalue weighted by Crippen LogP contribution is -2.08. The van der Waals surface area contributed by atoms with E-state index in [9.17, 15) is 4.79 Å². The molecule has 0 atom stereocenters. The SMILES string of the molecule is CN(C)c1cccc2cc(C=O)ccc12. The van der Waals surface area contributed by atoms with Crippen LogP contribution in [0.15, 0.2) is 36.4 Å². The summed E-state index contributed by atoms with van der Waals surface area (Å²) in [7, 11) is 4.03. The number of carbonyl (C=O) groups excluding carboxylic acids is 1. The summed E-state index contributed by atoms with van der Waals surface area (Å²) in [5.74, 6) is 0. The lowest BCUT2D eigenvalue weighted by Gasteiger charge is -2.15. The number of hydrogen-bond acceptors (Lipinski definition) is 2. The maximum absolute atomic E-state index is 10.7. The Kier molecular flexibility index (Phi) is 2.42. The predicted molar refractivity (Wildman–Crippen MR) is 63.7 cm³/mol. The molecule has 0 unspecified atom stereocenters. The van der Waals surface area contributed by atoms with Gasteiger partial charge in [0, 0.05) is 30.7 Å². The van der Waals surface area contributed by atoms with Crippen molar-refractivity contribution in [3.05, 3.63) is 42.0 Å². The van der Waals surface area contributed by atoms with Gasteiger partial charge in [0.15, 0.2) is 0 Å². The van der Waals surface area contributed by atoms with Crippen LogP contribution in [0, 0.1) is 0 Å². The van der Waals surface area contributed by atoms with Crippen molar-refractivity contribution in [1.82, 2.24) is 0 Å². The Morgan fingerprint density at radius 1 is 1.13 bits per heavy atom. The Morgan fingerprint density at radius 2 is 1.93 bits per heavy atom. The van der Waals surface area contributed by atoms with Gasteiger partial charge >= 0.3 is 0 Å². The maximum Gasteiger partial charge on any atom is 0.150 e. The zero-order valence-corrected chi connectivity index (χ0v) is 8.90.